The van der Waals surface area contributed by atoms with Crippen LogP contribution >= 0.6 is 0 Å². The summed E-state index contributed by atoms with van der Waals surface area (Å²) < 4.78 is 4.97. The maximum Gasteiger partial charge on any atom is 0.198 e. The van der Waals surface area contributed by atoms with Gasteiger partial charge in [0.05, 0.1) is 5.56 Å². The van der Waals surface area contributed by atoms with E-state index in [9.17, 15) is 4.79 Å². The molecule has 0 spiro atoms. The van der Waals surface area contributed by atoms with E-state index in [0.717, 1.165) is 5.56 Å². The Hall–Kier alpha value is -2.68. The lowest BCUT2D eigenvalue weighted by Crippen LogP contribution is -2.01. The molecule has 3 nitrogen and oxygen atoms in total. The van der Waals surface area contributed by atoms with Crippen molar-refractivity contribution >= 4 is 5.78 Å². The molecule has 2 aromatic carbocycles. The number of ketones is 1. The standard InChI is InChI=1S/C16H11NO2/c18-16(13-9-5-2-6-10-13)14-11-19-17-15(14)12-7-3-1-4-8-12/h1-11H. The number of carbonyl (C=O) groups excluding carboxylic acids is 1. The van der Waals surface area contributed by atoms with Crippen LogP contribution in [0.4, 0.5) is 0 Å². The minimum atomic E-state index is -0.0827. The van der Waals surface area contributed by atoms with E-state index in [1.54, 1.807) is 12.1 Å². The summed E-state index contributed by atoms with van der Waals surface area (Å²) in [5.74, 6) is -0.0827. The van der Waals surface area contributed by atoms with Crippen LogP contribution in [0.15, 0.2) is 71.4 Å². The van der Waals surface area contributed by atoms with E-state index in [2.05, 4.69) is 5.16 Å². The molecule has 19 heavy (non-hydrogen) atoms. The summed E-state index contributed by atoms with van der Waals surface area (Å²) in [7, 11) is 0. The van der Waals surface area contributed by atoms with Crippen LogP contribution in [0, 0.1) is 0 Å². The van der Waals surface area contributed by atoms with Crippen LogP contribution < -0.4 is 0 Å². The fourth-order valence-electron chi connectivity index (χ4n) is 1.95. The van der Waals surface area contributed by atoms with Gasteiger partial charge in [-0.2, -0.15) is 0 Å². The van der Waals surface area contributed by atoms with Crippen molar-refractivity contribution in [1.82, 2.24) is 5.16 Å². The monoisotopic (exact) mass is 249 g/mol. The quantitative estimate of drug-likeness (QED) is 0.666. The third-order valence-electron chi connectivity index (χ3n) is 2.90. The second-order valence-electron chi connectivity index (χ2n) is 4.14. The second kappa shape index (κ2) is 4.90. The minimum absolute atomic E-state index is 0.0827. The lowest BCUT2D eigenvalue weighted by Gasteiger charge is -2.00. The molecule has 1 aromatic heterocycles. The number of nitrogens with zero attached hydrogens (tertiary/aromatic N) is 1. The van der Waals surface area contributed by atoms with E-state index in [0.29, 0.717) is 16.8 Å². The van der Waals surface area contributed by atoms with Crippen LogP contribution in [-0.4, -0.2) is 10.9 Å². The molecular formula is C16H11NO2. The summed E-state index contributed by atoms with van der Waals surface area (Å²) in [6.07, 6.45) is 1.40. The van der Waals surface area contributed by atoms with E-state index >= 15 is 0 Å². The zero-order valence-electron chi connectivity index (χ0n) is 10.1. The number of hydrogen-bond acceptors (Lipinski definition) is 3. The summed E-state index contributed by atoms with van der Waals surface area (Å²) in [5, 5.41) is 3.94. The molecule has 3 heteroatoms. The molecule has 0 radical (unpaired) electrons. The van der Waals surface area contributed by atoms with Crippen molar-refractivity contribution < 1.29 is 9.32 Å². The number of benzene rings is 2. The number of aromatic nitrogens is 1. The average Bonchev–Trinajstić information content (AvgIpc) is 2.98. The lowest BCUT2D eigenvalue weighted by atomic mass is 10.0. The van der Waals surface area contributed by atoms with Crippen molar-refractivity contribution in [2.24, 2.45) is 0 Å². The third kappa shape index (κ3) is 2.18. The van der Waals surface area contributed by atoms with E-state index in [-0.39, 0.29) is 5.78 Å². The molecule has 1 heterocycles. The summed E-state index contributed by atoms with van der Waals surface area (Å²) >= 11 is 0. The second-order valence-corrected chi connectivity index (χ2v) is 4.14. The maximum absolute atomic E-state index is 12.4. The van der Waals surface area contributed by atoms with Crippen molar-refractivity contribution in [3.05, 3.63) is 78.1 Å². The Kier molecular flexibility index (Phi) is 2.94. The molecule has 0 aliphatic carbocycles. The van der Waals surface area contributed by atoms with Gasteiger partial charge in [0.15, 0.2) is 5.78 Å². The Morgan fingerprint density at radius 2 is 1.53 bits per heavy atom. The highest BCUT2D eigenvalue weighted by molar-refractivity contribution is 6.12. The molecule has 0 N–H and O–H groups in total. The number of rotatable bonds is 3. The fraction of sp³-hybridized carbons (Fsp3) is 0. The Balaban J connectivity index is 2.04. The zero-order valence-corrected chi connectivity index (χ0v) is 10.1. The van der Waals surface area contributed by atoms with Gasteiger partial charge in [0, 0.05) is 11.1 Å². The van der Waals surface area contributed by atoms with Gasteiger partial charge in [-0.05, 0) is 0 Å². The van der Waals surface area contributed by atoms with Gasteiger partial charge in [0.25, 0.3) is 0 Å². The smallest absolute Gasteiger partial charge is 0.198 e. The molecule has 0 atom stereocenters. The maximum atomic E-state index is 12.4. The predicted octanol–water partition coefficient (Wildman–Crippen LogP) is 3.57. The highest BCUT2D eigenvalue weighted by Crippen LogP contribution is 2.23. The SMILES string of the molecule is O=C(c1ccccc1)c1conc1-c1ccccc1. The van der Waals surface area contributed by atoms with E-state index in [1.807, 2.05) is 48.5 Å². The molecule has 0 amide bonds. The van der Waals surface area contributed by atoms with E-state index in [4.69, 9.17) is 4.52 Å². The molecule has 3 aromatic rings. The molecule has 0 unspecified atom stereocenters. The van der Waals surface area contributed by atoms with Crippen LogP contribution in [0.5, 0.6) is 0 Å². The molecule has 0 bridgehead atoms. The van der Waals surface area contributed by atoms with Crippen molar-refractivity contribution in [1.29, 1.82) is 0 Å². The molecule has 0 saturated carbocycles. The molecule has 0 aliphatic rings. The average molecular weight is 249 g/mol. The topological polar surface area (TPSA) is 43.1 Å². The van der Waals surface area contributed by atoms with Crippen LogP contribution in [0.25, 0.3) is 11.3 Å². The zero-order chi connectivity index (χ0) is 13.1. The molecule has 3 rings (SSSR count). The normalized spacial score (nSPS) is 10.3. The molecule has 0 aliphatic heterocycles. The van der Waals surface area contributed by atoms with Gasteiger partial charge in [-0.1, -0.05) is 65.8 Å². The Morgan fingerprint density at radius 3 is 2.21 bits per heavy atom. The van der Waals surface area contributed by atoms with Crippen LogP contribution in [-0.2, 0) is 0 Å². The van der Waals surface area contributed by atoms with E-state index < -0.39 is 0 Å². The van der Waals surface area contributed by atoms with Gasteiger partial charge in [-0.25, -0.2) is 0 Å². The third-order valence-corrected chi connectivity index (χ3v) is 2.90. The summed E-state index contributed by atoms with van der Waals surface area (Å²) in [6.45, 7) is 0. The molecule has 0 saturated heterocycles. The molecule has 0 fully saturated rings. The number of hydrogen-bond donors (Lipinski definition) is 0. The van der Waals surface area contributed by atoms with E-state index in [1.165, 1.54) is 6.26 Å². The van der Waals surface area contributed by atoms with Gasteiger partial charge in [-0.3, -0.25) is 4.79 Å². The van der Waals surface area contributed by atoms with Gasteiger partial charge in [0.2, 0.25) is 0 Å². The lowest BCUT2D eigenvalue weighted by molar-refractivity contribution is 0.103. The predicted molar refractivity (Wildman–Crippen MR) is 71.8 cm³/mol. The summed E-state index contributed by atoms with van der Waals surface area (Å²) in [5.41, 5.74) is 2.56. The molecule has 92 valence electrons. The highest BCUT2D eigenvalue weighted by Gasteiger charge is 2.18. The first-order valence-corrected chi connectivity index (χ1v) is 5.96. The van der Waals surface area contributed by atoms with Crippen molar-refractivity contribution in [2.45, 2.75) is 0 Å². The Bertz CT molecular complexity index is 687. The van der Waals surface area contributed by atoms with Crippen LogP contribution in [0.1, 0.15) is 15.9 Å². The summed E-state index contributed by atoms with van der Waals surface area (Å²) in [6, 6.07) is 18.6. The Morgan fingerprint density at radius 1 is 0.895 bits per heavy atom. The van der Waals surface area contributed by atoms with Gasteiger partial charge in [0.1, 0.15) is 12.0 Å². The van der Waals surface area contributed by atoms with Gasteiger partial charge < -0.3 is 4.52 Å². The largest absolute Gasteiger partial charge is 0.363 e. The summed E-state index contributed by atoms with van der Waals surface area (Å²) in [4.78, 5) is 12.4. The van der Waals surface area contributed by atoms with Crippen LogP contribution in [0.3, 0.4) is 0 Å². The highest BCUT2D eigenvalue weighted by atomic mass is 16.5. The van der Waals surface area contributed by atoms with Crippen LogP contribution in [0.2, 0.25) is 0 Å². The first-order valence-electron chi connectivity index (χ1n) is 5.96. The fourth-order valence-corrected chi connectivity index (χ4v) is 1.95. The first kappa shape index (κ1) is 11.4. The van der Waals surface area contributed by atoms with Gasteiger partial charge >= 0.3 is 0 Å². The Labute approximate surface area is 110 Å². The first-order chi connectivity index (χ1) is 9.36. The van der Waals surface area contributed by atoms with Crippen molar-refractivity contribution in [2.75, 3.05) is 0 Å². The van der Waals surface area contributed by atoms with Crippen molar-refractivity contribution in [3.63, 3.8) is 0 Å². The van der Waals surface area contributed by atoms with Gasteiger partial charge in [-0.15, -0.1) is 0 Å². The minimum Gasteiger partial charge on any atom is -0.363 e. The molecular weight excluding hydrogens is 238 g/mol. The van der Waals surface area contributed by atoms with Crippen molar-refractivity contribution in [3.8, 4) is 11.3 Å². The number of carbonyl (C=O) groups is 1.